The quantitative estimate of drug-likeness (QED) is 0.191. The van der Waals surface area contributed by atoms with Gasteiger partial charge in [-0.3, -0.25) is 10.1 Å². The largest absolute Gasteiger partial charge is 0.673 e. The Morgan fingerprint density at radius 1 is 0.914 bits per heavy atom. The second-order valence-corrected chi connectivity index (χ2v) is 7.01. The first-order chi connectivity index (χ1) is 16.6. The summed E-state index contributed by atoms with van der Waals surface area (Å²) in [4.78, 5) is 13.9. The molecule has 182 valence electrons. The molecule has 1 N–H and O–H groups in total. The van der Waals surface area contributed by atoms with Crippen LogP contribution in [0.3, 0.4) is 0 Å². The summed E-state index contributed by atoms with van der Waals surface area (Å²) < 4.78 is 55.7. The molecule has 1 heterocycles. The number of ether oxygens (including phenoxy) is 2. The lowest BCUT2D eigenvalue weighted by Gasteiger charge is -2.05. The summed E-state index contributed by atoms with van der Waals surface area (Å²) in [5.41, 5.74) is 2.17. The summed E-state index contributed by atoms with van der Waals surface area (Å²) in [7, 11) is -2.90. The molecule has 0 aliphatic heterocycles. The molecule has 0 aliphatic carbocycles. The molecule has 0 spiro atoms. The number of para-hydroxylation sites is 1. The minimum atomic E-state index is -6.00. The smallest absolute Gasteiger partial charge is 0.497 e. The monoisotopic (exact) mass is 490 g/mol. The molecule has 0 aliphatic rings. The minimum Gasteiger partial charge on any atom is -0.497 e. The van der Waals surface area contributed by atoms with E-state index >= 15 is 0 Å². The van der Waals surface area contributed by atoms with Gasteiger partial charge in [0.2, 0.25) is 11.0 Å². The van der Waals surface area contributed by atoms with E-state index in [0.717, 1.165) is 22.1 Å². The number of nitro groups is 1. The number of rotatable bonds is 5. The number of non-ortho nitro benzene ring substituents is 1. The Hall–Kier alpha value is -4.35. The maximum Gasteiger partial charge on any atom is 0.673 e. The maximum absolute atomic E-state index is 11.1. The van der Waals surface area contributed by atoms with Crippen molar-refractivity contribution in [3.8, 4) is 22.8 Å². The highest BCUT2D eigenvalue weighted by molar-refractivity contribution is 6.50. The van der Waals surface area contributed by atoms with E-state index in [2.05, 4.69) is 4.99 Å². The van der Waals surface area contributed by atoms with Crippen molar-refractivity contribution < 1.29 is 41.1 Å². The van der Waals surface area contributed by atoms with E-state index in [-0.39, 0.29) is 5.69 Å². The Morgan fingerprint density at radius 2 is 1.57 bits per heavy atom. The number of nitro benzene ring substituents is 1. The third-order valence-corrected chi connectivity index (χ3v) is 4.71. The normalized spacial score (nSPS) is 11.5. The predicted molar refractivity (Wildman–Crippen MR) is 122 cm³/mol. The number of hydrogen-bond acceptors (Lipinski definition) is 5. The molecule has 0 fully saturated rings. The van der Waals surface area contributed by atoms with Crippen LogP contribution in [0.1, 0.15) is 0 Å². The van der Waals surface area contributed by atoms with Gasteiger partial charge in [-0.05, 0) is 36.4 Å². The van der Waals surface area contributed by atoms with Gasteiger partial charge in [0, 0.05) is 17.7 Å². The molecule has 12 heteroatoms. The first-order valence-electron chi connectivity index (χ1n) is 10.1. The van der Waals surface area contributed by atoms with Crippen LogP contribution >= 0.6 is 0 Å². The molecule has 1 aromatic heterocycles. The Morgan fingerprint density at radius 3 is 2.17 bits per heavy atom. The van der Waals surface area contributed by atoms with Gasteiger partial charge >= 0.3 is 7.25 Å². The van der Waals surface area contributed by atoms with Crippen molar-refractivity contribution in [3.63, 3.8) is 0 Å². The van der Waals surface area contributed by atoms with Gasteiger partial charge in [-0.15, -0.1) is 0 Å². The van der Waals surface area contributed by atoms with Gasteiger partial charge < -0.3 is 31.2 Å². The molecule has 0 amide bonds. The van der Waals surface area contributed by atoms with Crippen LogP contribution in [0.2, 0.25) is 0 Å². The maximum atomic E-state index is 11.1. The number of fused-ring (bicyclic) bond motifs is 1. The number of methoxy groups -OCH3 is 2. The molecule has 0 atom stereocenters. The van der Waals surface area contributed by atoms with Gasteiger partial charge in [0.15, 0.2) is 5.75 Å². The molecule has 35 heavy (non-hydrogen) atoms. The zero-order chi connectivity index (χ0) is 25.6. The van der Waals surface area contributed by atoms with Gasteiger partial charge in [0.25, 0.3) is 5.69 Å². The topological polar surface area (TPSA) is 88.7 Å². The Balaban J connectivity index is 0.000000623. The number of halogens is 4. The van der Waals surface area contributed by atoms with Crippen molar-refractivity contribution in [2.45, 2.75) is 0 Å². The molecule has 0 saturated carbocycles. The first-order valence-corrected chi connectivity index (χ1v) is 10.1. The molecule has 7 nitrogen and oxygen atoms in total. The highest BCUT2D eigenvalue weighted by Gasteiger charge is 2.20. The highest BCUT2D eigenvalue weighted by atomic mass is 19.5. The third-order valence-electron chi connectivity index (χ3n) is 4.71. The van der Waals surface area contributed by atoms with E-state index < -0.39 is 12.2 Å². The molecule has 0 radical (unpaired) electrons. The van der Waals surface area contributed by atoms with Crippen molar-refractivity contribution in [2.75, 3.05) is 14.2 Å². The molecule has 0 bridgehead atoms. The standard InChI is InChI=1S/C23H18N2O5.BF4/c1-28-17-10-7-15(8-11-17)22-14-20(18-5-3-4-6-21(18)30-22)24-19-12-9-16(25(26)27)13-23(19)29-2;2-1(3,4)5/h3-14H,1-2H3;/q;-1/p+1. The minimum absolute atomic E-state index is 0.0377. The summed E-state index contributed by atoms with van der Waals surface area (Å²) in [6, 6.07) is 21.6. The highest BCUT2D eigenvalue weighted by Crippen LogP contribution is 2.26. The second-order valence-electron chi connectivity index (χ2n) is 7.01. The summed E-state index contributed by atoms with van der Waals surface area (Å²) in [5.74, 6) is 1.80. The lowest BCUT2D eigenvalue weighted by atomic mass is 10.1. The van der Waals surface area contributed by atoms with Crippen LogP contribution in [-0.2, 0) is 0 Å². The zero-order valence-corrected chi connectivity index (χ0v) is 18.5. The average Bonchev–Trinajstić information content (AvgIpc) is 2.83. The van der Waals surface area contributed by atoms with Crippen molar-refractivity contribution >= 4 is 29.6 Å². The van der Waals surface area contributed by atoms with Crippen LogP contribution in [0.25, 0.3) is 22.3 Å². The summed E-state index contributed by atoms with van der Waals surface area (Å²) in [6.07, 6.45) is 0. The van der Waals surface area contributed by atoms with Crippen molar-refractivity contribution in [1.82, 2.24) is 0 Å². The molecule has 0 unspecified atom stereocenters. The van der Waals surface area contributed by atoms with Gasteiger partial charge in [-0.25, -0.2) is 4.99 Å². The van der Waals surface area contributed by atoms with Gasteiger partial charge in [0.1, 0.15) is 17.1 Å². The number of nitrogens with one attached hydrogen (secondary N) is 1. The Labute approximate surface area is 196 Å². The van der Waals surface area contributed by atoms with Crippen LogP contribution in [0.5, 0.6) is 11.5 Å². The van der Waals surface area contributed by atoms with E-state index in [0.29, 0.717) is 22.8 Å². The molecule has 4 aromatic rings. The van der Waals surface area contributed by atoms with E-state index in [1.165, 1.54) is 19.2 Å². The fourth-order valence-electron chi connectivity index (χ4n) is 3.18. The average molecular weight is 490 g/mol. The number of nitrogens with zero attached hydrogens (tertiary/aromatic N) is 1. The van der Waals surface area contributed by atoms with Crippen LogP contribution in [-0.4, -0.2) is 26.4 Å². The van der Waals surface area contributed by atoms with E-state index in [4.69, 9.17) is 13.9 Å². The third kappa shape index (κ3) is 6.82. The van der Waals surface area contributed by atoms with Gasteiger partial charge in [-0.2, -0.15) is 0 Å². The van der Waals surface area contributed by atoms with Crippen LogP contribution in [0, 0.1) is 10.1 Å². The van der Waals surface area contributed by atoms with Gasteiger partial charge in [0.05, 0.1) is 36.7 Å². The SMILES string of the molecule is COc1ccc(-c2cc(=[NH+]c3ccc([N+](=O)[O-])cc3OC)c3ccccc3o2)cc1.F[B-](F)(F)F. The van der Waals surface area contributed by atoms with Crippen LogP contribution in [0.15, 0.2) is 77.2 Å². The van der Waals surface area contributed by atoms with E-state index in [1.54, 1.807) is 13.2 Å². The molecule has 3 aromatic carbocycles. The summed E-state index contributed by atoms with van der Waals surface area (Å²) in [6.45, 7) is 0. The Kier molecular flexibility index (Phi) is 7.74. The molecular formula is C23H19BF4N2O5. The first kappa shape index (κ1) is 25.3. The lowest BCUT2D eigenvalue weighted by Crippen LogP contribution is -2.70. The van der Waals surface area contributed by atoms with Crippen LogP contribution in [0.4, 0.5) is 28.6 Å². The van der Waals surface area contributed by atoms with E-state index in [9.17, 15) is 27.4 Å². The van der Waals surface area contributed by atoms with Gasteiger partial charge in [-0.1, -0.05) is 12.1 Å². The van der Waals surface area contributed by atoms with Crippen molar-refractivity contribution in [1.29, 1.82) is 0 Å². The Bertz CT molecular complexity index is 1400. The van der Waals surface area contributed by atoms with Crippen LogP contribution < -0.4 is 19.8 Å². The second kappa shape index (κ2) is 10.7. The molecular weight excluding hydrogens is 471 g/mol. The fourth-order valence-corrected chi connectivity index (χ4v) is 3.18. The molecule has 0 saturated heterocycles. The summed E-state index contributed by atoms with van der Waals surface area (Å²) in [5, 5.41) is 12.7. The lowest BCUT2D eigenvalue weighted by molar-refractivity contribution is -0.403. The molecule has 4 rings (SSSR count). The fraction of sp³-hybridized carbons (Fsp3) is 0.0870. The van der Waals surface area contributed by atoms with Crippen molar-refractivity contribution in [3.05, 3.63) is 88.3 Å². The number of hydrogen-bond donors (Lipinski definition) is 1. The zero-order valence-electron chi connectivity index (χ0n) is 18.5. The van der Waals surface area contributed by atoms with Crippen molar-refractivity contribution in [2.24, 2.45) is 0 Å². The van der Waals surface area contributed by atoms with E-state index in [1.807, 2.05) is 54.6 Å². The number of benzene rings is 3. The predicted octanol–water partition coefficient (Wildman–Crippen LogP) is 4.64. The summed E-state index contributed by atoms with van der Waals surface area (Å²) >= 11 is 0.